The van der Waals surface area contributed by atoms with Crippen molar-refractivity contribution < 1.29 is 28.4 Å². The van der Waals surface area contributed by atoms with Crippen molar-refractivity contribution >= 4 is 6.08 Å². The van der Waals surface area contributed by atoms with Gasteiger partial charge in [-0.25, -0.2) is 0 Å². The molecule has 1 aliphatic heterocycles. The molecule has 6 nitrogen and oxygen atoms in total. The first-order valence-corrected chi connectivity index (χ1v) is 7.83. The SMILES string of the molecule is CO/C=C/c1cc(OC)c(OC)cc1OCC(C)(C)C1OCCO1. The summed E-state index contributed by atoms with van der Waals surface area (Å²) in [5, 5.41) is 0. The summed E-state index contributed by atoms with van der Waals surface area (Å²) in [6, 6.07) is 3.65. The molecule has 1 fully saturated rings. The highest BCUT2D eigenvalue weighted by molar-refractivity contribution is 5.63. The van der Waals surface area contributed by atoms with E-state index in [1.807, 2.05) is 12.1 Å². The molecule has 1 saturated heterocycles. The quantitative estimate of drug-likeness (QED) is 0.679. The molecule has 0 N–H and O–H groups in total. The van der Waals surface area contributed by atoms with E-state index in [4.69, 9.17) is 28.4 Å². The van der Waals surface area contributed by atoms with Crippen molar-refractivity contribution in [3.05, 3.63) is 24.0 Å². The Morgan fingerprint density at radius 2 is 1.67 bits per heavy atom. The second-order valence-electron chi connectivity index (χ2n) is 6.13. The van der Waals surface area contributed by atoms with Crippen molar-refractivity contribution in [2.45, 2.75) is 20.1 Å². The largest absolute Gasteiger partial charge is 0.504 e. The van der Waals surface area contributed by atoms with Gasteiger partial charge in [-0.15, -0.1) is 0 Å². The topological polar surface area (TPSA) is 55.4 Å². The Morgan fingerprint density at radius 1 is 1.04 bits per heavy atom. The van der Waals surface area contributed by atoms with Crippen molar-refractivity contribution in [3.63, 3.8) is 0 Å². The molecule has 6 heteroatoms. The zero-order valence-corrected chi connectivity index (χ0v) is 15.0. The highest BCUT2D eigenvalue weighted by Crippen LogP contribution is 2.37. The summed E-state index contributed by atoms with van der Waals surface area (Å²) in [7, 11) is 4.78. The normalized spacial score (nSPS) is 15.7. The Balaban J connectivity index is 2.21. The summed E-state index contributed by atoms with van der Waals surface area (Å²) in [4.78, 5) is 0. The van der Waals surface area contributed by atoms with Gasteiger partial charge in [-0.3, -0.25) is 0 Å². The van der Waals surface area contributed by atoms with Crippen LogP contribution in [0.5, 0.6) is 17.2 Å². The summed E-state index contributed by atoms with van der Waals surface area (Å²) >= 11 is 0. The fourth-order valence-corrected chi connectivity index (χ4v) is 2.41. The molecule has 1 aromatic rings. The standard InChI is InChI=1S/C18H26O6/c1-18(2,17-22-8-9-23-17)12-24-14-11-16(21-5)15(20-4)10-13(14)6-7-19-3/h6-7,10-11,17H,8-9,12H2,1-5H3/b7-6+. The van der Waals surface area contributed by atoms with E-state index < -0.39 is 0 Å². The molecular formula is C18H26O6. The molecule has 0 bridgehead atoms. The van der Waals surface area contributed by atoms with Crippen LogP contribution in [0, 0.1) is 5.41 Å². The molecule has 0 saturated carbocycles. The summed E-state index contributed by atoms with van der Waals surface area (Å²) in [5.41, 5.74) is 0.546. The maximum Gasteiger partial charge on any atom is 0.166 e. The predicted octanol–water partition coefficient (Wildman–Crippen LogP) is 3.10. The van der Waals surface area contributed by atoms with Gasteiger partial charge in [0.1, 0.15) is 5.75 Å². The van der Waals surface area contributed by atoms with E-state index >= 15 is 0 Å². The van der Waals surface area contributed by atoms with Gasteiger partial charge in [-0.1, -0.05) is 13.8 Å². The number of methoxy groups -OCH3 is 3. The molecule has 0 aliphatic carbocycles. The lowest BCUT2D eigenvalue weighted by atomic mass is 9.94. The van der Waals surface area contributed by atoms with E-state index in [9.17, 15) is 0 Å². The highest BCUT2D eigenvalue weighted by atomic mass is 16.7. The minimum Gasteiger partial charge on any atom is -0.504 e. The maximum absolute atomic E-state index is 6.05. The van der Waals surface area contributed by atoms with Crippen LogP contribution < -0.4 is 14.2 Å². The number of ether oxygens (including phenoxy) is 6. The van der Waals surface area contributed by atoms with Crippen molar-refractivity contribution in [2.24, 2.45) is 5.41 Å². The van der Waals surface area contributed by atoms with Crippen LogP contribution in [0.15, 0.2) is 18.4 Å². The summed E-state index contributed by atoms with van der Waals surface area (Å²) in [5.74, 6) is 1.91. The average molecular weight is 338 g/mol. The van der Waals surface area contributed by atoms with E-state index in [1.165, 1.54) is 0 Å². The van der Waals surface area contributed by atoms with Crippen molar-refractivity contribution in [3.8, 4) is 17.2 Å². The Morgan fingerprint density at radius 3 is 2.25 bits per heavy atom. The Labute approximate surface area is 143 Å². The van der Waals surface area contributed by atoms with Crippen LogP contribution in [0.3, 0.4) is 0 Å². The number of benzene rings is 1. The molecule has 0 aromatic heterocycles. The fourth-order valence-electron chi connectivity index (χ4n) is 2.41. The second kappa shape index (κ2) is 8.26. The van der Waals surface area contributed by atoms with Crippen molar-refractivity contribution in [1.29, 1.82) is 0 Å². The van der Waals surface area contributed by atoms with Crippen molar-refractivity contribution in [1.82, 2.24) is 0 Å². The smallest absolute Gasteiger partial charge is 0.166 e. The molecule has 0 spiro atoms. The summed E-state index contributed by atoms with van der Waals surface area (Å²) < 4.78 is 33.0. The maximum atomic E-state index is 6.05. The lowest BCUT2D eigenvalue weighted by Crippen LogP contribution is -2.36. The minimum absolute atomic E-state index is 0.268. The van der Waals surface area contributed by atoms with Gasteiger partial charge in [0.2, 0.25) is 0 Å². The van der Waals surface area contributed by atoms with Gasteiger partial charge >= 0.3 is 0 Å². The molecule has 2 rings (SSSR count). The van der Waals surface area contributed by atoms with Gasteiger partial charge in [-0.2, -0.15) is 0 Å². The molecule has 134 valence electrons. The van der Waals surface area contributed by atoms with Gasteiger partial charge in [-0.05, 0) is 12.1 Å². The monoisotopic (exact) mass is 338 g/mol. The van der Waals surface area contributed by atoms with Gasteiger partial charge in [0.05, 0.1) is 47.4 Å². The van der Waals surface area contributed by atoms with Crippen LogP contribution in [-0.4, -0.2) is 47.4 Å². The lowest BCUT2D eigenvalue weighted by molar-refractivity contribution is -0.131. The predicted molar refractivity (Wildman–Crippen MR) is 90.6 cm³/mol. The first kappa shape index (κ1) is 18.4. The zero-order chi connectivity index (χ0) is 17.6. The van der Waals surface area contributed by atoms with Crippen LogP contribution in [0.25, 0.3) is 6.08 Å². The van der Waals surface area contributed by atoms with E-state index in [2.05, 4.69) is 13.8 Å². The van der Waals surface area contributed by atoms with Crippen LogP contribution >= 0.6 is 0 Å². The van der Waals surface area contributed by atoms with Gasteiger partial charge < -0.3 is 28.4 Å². The molecule has 1 aliphatic rings. The summed E-state index contributed by atoms with van der Waals surface area (Å²) in [6.45, 7) is 5.77. The first-order chi connectivity index (χ1) is 11.5. The zero-order valence-electron chi connectivity index (χ0n) is 15.0. The van der Waals surface area contributed by atoms with E-state index in [1.54, 1.807) is 33.7 Å². The number of hydrogen-bond acceptors (Lipinski definition) is 6. The molecule has 1 aromatic carbocycles. The molecular weight excluding hydrogens is 312 g/mol. The van der Waals surface area contributed by atoms with Crippen LogP contribution in [-0.2, 0) is 14.2 Å². The van der Waals surface area contributed by atoms with E-state index in [0.717, 1.165) is 5.56 Å². The van der Waals surface area contributed by atoms with E-state index in [0.29, 0.717) is 37.1 Å². The average Bonchev–Trinajstić information content (AvgIpc) is 3.13. The van der Waals surface area contributed by atoms with E-state index in [-0.39, 0.29) is 11.7 Å². The third-order valence-electron chi connectivity index (χ3n) is 3.76. The molecule has 24 heavy (non-hydrogen) atoms. The molecule has 0 atom stereocenters. The number of hydrogen-bond donors (Lipinski definition) is 0. The Bertz CT molecular complexity index is 561. The van der Waals surface area contributed by atoms with Gasteiger partial charge in [0, 0.05) is 17.0 Å². The highest BCUT2D eigenvalue weighted by Gasteiger charge is 2.35. The second-order valence-corrected chi connectivity index (χ2v) is 6.13. The van der Waals surface area contributed by atoms with Crippen LogP contribution in [0.4, 0.5) is 0 Å². The van der Waals surface area contributed by atoms with Gasteiger partial charge in [0.15, 0.2) is 17.8 Å². The first-order valence-electron chi connectivity index (χ1n) is 7.83. The lowest BCUT2D eigenvalue weighted by Gasteiger charge is -2.29. The Hall–Kier alpha value is -1.92. The van der Waals surface area contributed by atoms with Crippen LogP contribution in [0.1, 0.15) is 19.4 Å². The third kappa shape index (κ3) is 4.33. The summed E-state index contributed by atoms with van der Waals surface area (Å²) in [6.07, 6.45) is 3.13. The number of rotatable bonds is 8. The molecule has 1 heterocycles. The molecule has 0 amide bonds. The minimum atomic E-state index is -0.286. The fraction of sp³-hybridized carbons (Fsp3) is 0.556. The third-order valence-corrected chi connectivity index (χ3v) is 3.76. The van der Waals surface area contributed by atoms with Crippen LogP contribution in [0.2, 0.25) is 0 Å². The molecule has 0 unspecified atom stereocenters. The van der Waals surface area contributed by atoms with Crippen molar-refractivity contribution in [2.75, 3.05) is 41.2 Å². The Kier molecular flexibility index (Phi) is 6.34. The molecule has 0 radical (unpaired) electrons. The van der Waals surface area contributed by atoms with Gasteiger partial charge in [0.25, 0.3) is 0 Å².